The van der Waals surface area contributed by atoms with Crippen LogP contribution in [0.15, 0.2) is 72.8 Å². The molecule has 0 aliphatic heterocycles. The van der Waals surface area contributed by atoms with E-state index in [4.69, 9.17) is 11.6 Å². The third kappa shape index (κ3) is 8.15. The van der Waals surface area contributed by atoms with Gasteiger partial charge >= 0.3 is 0 Å². The van der Waals surface area contributed by atoms with Crippen LogP contribution in [0.1, 0.15) is 34.7 Å². The molecule has 0 spiro atoms. The summed E-state index contributed by atoms with van der Waals surface area (Å²) in [7, 11) is 0. The number of hydrogen-bond acceptors (Lipinski definition) is 3. The summed E-state index contributed by atoms with van der Waals surface area (Å²) in [5.41, 5.74) is 5.45. The van der Waals surface area contributed by atoms with Crippen LogP contribution < -0.4 is 5.32 Å². The number of carbonyl (C=O) groups excluding carboxylic acids is 2. The summed E-state index contributed by atoms with van der Waals surface area (Å²) in [6.07, 6.45) is 0.435. The number of nitrogens with one attached hydrogen (secondary N) is 1. The molecule has 35 heavy (non-hydrogen) atoms. The van der Waals surface area contributed by atoms with Gasteiger partial charge in [0, 0.05) is 30.3 Å². The van der Waals surface area contributed by atoms with Crippen LogP contribution in [0, 0.1) is 13.8 Å². The lowest BCUT2D eigenvalue weighted by Gasteiger charge is -2.31. The Balaban J connectivity index is 1.84. The molecule has 2 amide bonds. The van der Waals surface area contributed by atoms with Gasteiger partial charge in [-0.05, 0) is 43.5 Å². The van der Waals surface area contributed by atoms with Gasteiger partial charge < -0.3 is 10.2 Å². The summed E-state index contributed by atoms with van der Waals surface area (Å²) in [6.45, 7) is 6.82. The van der Waals surface area contributed by atoms with E-state index in [0.29, 0.717) is 18.0 Å². The van der Waals surface area contributed by atoms with E-state index in [9.17, 15) is 9.59 Å². The quantitative estimate of drug-likeness (QED) is 0.347. The number of likely N-dealkylation sites (N-methyl/N-ethyl adjacent to an activating group) is 1. The molecule has 0 bridgehead atoms. The van der Waals surface area contributed by atoms with Crippen LogP contribution in [-0.4, -0.2) is 35.1 Å². The first-order chi connectivity index (χ1) is 16.9. The molecule has 3 aromatic carbocycles. The maximum atomic E-state index is 13.6. The largest absolute Gasteiger partial charge is 0.355 e. The molecule has 0 aromatic heterocycles. The van der Waals surface area contributed by atoms with Crippen LogP contribution in [0.4, 0.5) is 0 Å². The fourth-order valence-corrected chi connectivity index (χ4v) is 5.19. The molecule has 0 heterocycles. The number of aryl methyl sites for hydroxylation is 2. The van der Waals surface area contributed by atoms with Crippen molar-refractivity contribution in [2.24, 2.45) is 0 Å². The number of amides is 2. The average Bonchev–Trinajstić information content (AvgIpc) is 2.82. The Morgan fingerprint density at radius 2 is 1.60 bits per heavy atom. The van der Waals surface area contributed by atoms with Gasteiger partial charge in [-0.3, -0.25) is 9.59 Å². The number of nitrogens with zero attached hydrogens (tertiary/aromatic N) is 1. The molecule has 4 nitrogen and oxygen atoms in total. The van der Waals surface area contributed by atoms with Crippen LogP contribution in [0.5, 0.6) is 0 Å². The molecular formula is C29H33ClN2O2S. The molecular weight excluding hydrogens is 476 g/mol. The monoisotopic (exact) mass is 508 g/mol. The lowest BCUT2D eigenvalue weighted by atomic mass is 10.0. The SMILES string of the molecule is CCNC(=O)[C@@H](Cc1ccccc1)N(Cc1ccccc1Cl)C(=O)CSCc1cc(C)cc(C)c1. The second-order valence-electron chi connectivity index (χ2n) is 8.70. The van der Waals surface area contributed by atoms with E-state index in [-0.39, 0.29) is 24.1 Å². The second kappa shape index (κ2) is 13.4. The van der Waals surface area contributed by atoms with Gasteiger partial charge in [0.15, 0.2) is 0 Å². The van der Waals surface area contributed by atoms with Gasteiger partial charge in [-0.2, -0.15) is 0 Å². The van der Waals surface area contributed by atoms with Gasteiger partial charge in [-0.15, -0.1) is 11.8 Å². The molecule has 0 aliphatic carbocycles. The Morgan fingerprint density at radius 3 is 2.26 bits per heavy atom. The predicted octanol–water partition coefficient (Wildman–Crippen LogP) is 5.97. The van der Waals surface area contributed by atoms with Crippen LogP contribution in [0.3, 0.4) is 0 Å². The van der Waals surface area contributed by atoms with Gasteiger partial charge in [0.2, 0.25) is 11.8 Å². The standard InChI is InChI=1S/C29H33ClN2O2S/c1-4-31-29(34)27(17-23-10-6-5-7-11-23)32(18-25-12-8-9-13-26(25)30)28(33)20-35-19-24-15-21(2)14-22(3)16-24/h5-16,27H,4,17-20H2,1-3H3,(H,31,34)/t27-/m1/s1. The van der Waals surface area contributed by atoms with E-state index >= 15 is 0 Å². The average molecular weight is 509 g/mol. The summed E-state index contributed by atoms with van der Waals surface area (Å²) in [6, 6.07) is 23.1. The summed E-state index contributed by atoms with van der Waals surface area (Å²) in [5.74, 6) is 0.781. The molecule has 0 fully saturated rings. The fraction of sp³-hybridized carbons (Fsp3) is 0.310. The highest BCUT2D eigenvalue weighted by atomic mass is 35.5. The van der Waals surface area contributed by atoms with Crippen LogP contribution >= 0.6 is 23.4 Å². The second-order valence-corrected chi connectivity index (χ2v) is 10.1. The number of benzene rings is 3. The zero-order valence-corrected chi connectivity index (χ0v) is 22.2. The highest BCUT2D eigenvalue weighted by molar-refractivity contribution is 7.99. The first-order valence-corrected chi connectivity index (χ1v) is 13.4. The maximum absolute atomic E-state index is 13.6. The van der Waals surface area contributed by atoms with Crippen molar-refractivity contribution in [2.45, 2.75) is 45.5 Å². The van der Waals surface area contributed by atoms with E-state index < -0.39 is 6.04 Å². The van der Waals surface area contributed by atoms with Gasteiger partial charge in [0.25, 0.3) is 0 Å². The van der Waals surface area contributed by atoms with E-state index in [1.807, 2.05) is 61.5 Å². The third-order valence-electron chi connectivity index (χ3n) is 5.70. The van der Waals surface area contributed by atoms with Crippen molar-refractivity contribution >= 4 is 35.2 Å². The van der Waals surface area contributed by atoms with Crippen molar-refractivity contribution in [3.05, 3.63) is 106 Å². The predicted molar refractivity (Wildman–Crippen MR) is 147 cm³/mol. The number of rotatable bonds is 11. The molecule has 6 heteroatoms. The number of carbonyl (C=O) groups is 2. The van der Waals surface area contributed by atoms with Crippen molar-refractivity contribution in [3.63, 3.8) is 0 Å². The van der Waals surface area contributed by atoms with Crippen molar-refractivity contribution in [1.82, 2.24) is 10.2 Å². The molecule has 1 atom stereocenters. The number of halogens is 1. The fourth-order valence-electron chi connectivity index (χ4n) is 4.15. The molecule has 1 N–H and O–H groups in total. The summed E-state index contributed by atoms with van der Waals surface area (Å²) < 4.78 is 0. The molecule has 0 radical (unpaired) electrons. The number of thioether (sulfide) groups is 1. The smallest absolute Gasteiger partial charge is 0.243 e. The molecule has 0 aliphatic rings. The van der Waals surface area contributed by atoms with Crippen molar-refractivity contribution in [3.8, 4) is 0 Å². The molecule has 0 saturated carbocycles. The summed E-state index contributed by atoms with van der Waals surface area (Å²) in [5, 5.41) is 3.51. The van der Waals surface area contributed by atoms with E-state index in [1.54, 1.807) is 16.7 Å². The normalized spacial score (nSPS) is 11.7. The Hall–Kier alpha value is -2.76. The molecule has 0 unspecified atom stereocenters. The van der Waals surface area contributed by atoms with E-state index in [1.165, 1.54) is 16.7 Å². The zero-order valence-electron chi connectivity index (χ0n) is 20.6. The minimum atomic E-state index is -0.636. The van der Waals surface area contributed by atoms with Crippen LogP contribution in [0.2, 0.25) is 5.02 Å². The summed E-state index contributed by atoms with van der Waals surface area (Å²) >= 11 is 8.02. The topological polar surface area (TPSA) is 49.4 Å². The molecule has 0 saturated heterocycles. The van der Waals surface area contributed by atoms with Gasteiger partial charge in [-0.1, -0.05) is 89.5 Å². The van der Waals surface area contributed by atoms with Gasteiger partial charge in [0.05, 0.1) is 5.75 Å². The highest BCUT2D eigenvalue weighted by Gasteiger charge is 2.30. The maximum Gasteiger partial charge on any atom is 0.243 e. The minimum absolute atomic E-state index is 0.0773. The first kappa shape index (κ1) is 26.8. The van der Waals surface area contributed by atoms with Crippen molar-refractivity contribution in [2.75, 3.05) is 12.3 Å². The van der Waals surface area contributed by atoms with Gasteiger partial charge in [-0.25, -0.2) is 0 Å². The molecule has 184 valence electrons. The summed E-state index contributed by atoms with van der Waals surface area (Å²) in [4.78, 5) is 28.5. The first-order valence-electron chi connectivity index (χ1n) is 11.9. The lowest BCUT2D eigenvalue weighted by molar-refractivity contribution is -0.139. The molecule has 3 rings (SSSR count). The Kier molecular flexibility index (Phi) is 10.2. The van der Waals surface area contributed by atoms with E-state index in [0.717, 1.165) is 16.9 Å². The Bertz CT molecular complexity index is 1120. The zero-order chi connectivity index (χ0) is 25.2. The van der Waals surface area contributed by atoms with Crippen LogP contribution in [-0.2, 0) is 28.3 Å². The van der Waals surface area contributed by atoms with E-state index in [2.05, 4.69) is 37.4 Å². The number of hydrogen-bond donors (Lipinski definition) is 1. The minimum Gasteiger partial charge on any atom is -0.355 e. The highest BCUT2D eigenvalue weighted by Crippen LogP contribution is 2.22. The van der Waals surface area contributed by atoms with Crippen molar-refractivity contribution < 1.29 is 9.59 Å². The lowest BCUT2D eigenvalue weighted by Crippen LogP contribution is -2.51. The Morgan fingerprint density at radius 1 is 0.943 bits per heavy atom. The third-order valence-corrected chi connectivity index (χ3v) is 7.05. The van der Waals surface area contributed by atoms with Crippen molar-refractivity contribution in [1.29, 1.82) is 0 Å². The molecule has 3 aromatic rings. The van der Waals surface area contributed by atoms with Crippen LogP contribution in [0.25, 0.3) is 0 Å². The Labute approximate surface area is 218 Å². The van der Waals surface area contributed by atoms with Gasteiger partial charge in [0.1, 0.15) is 6.04 Å².